The first kappa shape index (κ1) is 23.2. The zero-order chi connectivity index (χ0) is 23.1. The molecule has 0 radical (unpaired) electrons. The first-order chi connectivity index (χ1) is 15.4. The van der Waals surface area contributed by atoms with Gasteiger partial charge in [0.25, 0.3) is 0 Å². The van der Waals surface area contributed by atoms with E-state index in [1.807, 2.05) is 69.4 Å². The molecule has 32 heavy (non-hydrogen) atoms. The Labute approximate surface area is 186 Å². The van der Waals surface area contributed by atoms with Crippen LogP contribution in [0.15, 0.2) is 59.1 Å². The highest BCUT2D eigenvalue weighted by Crippen LogP contribution is 2.28. The van der Waals surface area contributed by atoms with Gasteiger partial charge in [-0.3, -0.25) is 4.79 Å². The second kappa shape index (κ2) is 10.7. The van der Waals surface area contributed by atoms with Crippen molar-refractivity contribution in [3.05, 3.63) is 71.4 Å². The van der Waals surface area contributed by atoms with E-state index >= 15 is 0 Å². The van der Waals surface area contributed by atoms with Gasteiger partial charge in [0.2, 0.25) is 0 Å². The van der Waals surface area contributed by atoms with Gasteiger partial charge in [-0.05, 0) is 25.5 Å². The highest BCUT2D eigenvalue weighted by molar-refractivity contribution is 5.74. The van der Waals surface area contributed by atoms with Gasteiger partial charge in [-0.25, -0.2) is 4.79 Å². The number of hydrogen-bond donors (Lipinski definition) is 1. The first-order valence-corrected chi connectivity index (χ1v) is 10.2. The van der Waals surface area contributed by atoms with Crippen molar-refractivity contribution in [2.24, 2.45) is 0 Å². The zero-order valence-corrected chi connectivity index (χ0v) is 18.2. The van der Waals surface area contributed by atoms with Crippen LogP contribution in [0.1, 0.15) is 35.5 Å². The van der Waals surface area contributed by atoms with Crippen molar-refractivity contribution in [2.45, 2.75) is 39.0 Å². The number of benzene rings is 2. The molecule has 0 aliphatic carbocycles. The Morgan fingerprint density at radius 2 is 1.97 bits per heavy atom. The minimum Gasteiger partial charge on any atom is -0.479 e. The van der Waals surface area contributed by atoms with Crippen LogP contribution < -0.4 is 4.84 Å². The number of ether oxygens (including phenoxy) is 1. The molecule has 1 N–H and O–H groups in total. The molecule has 0 amide bonds. The number of hydrogen-bond acceptors (Lipinski definition) is 7. The van der Waals surface area contributed by atoms with Crippen LogP contribution in [-0.4, -0.2) is 46.8 Å². The molecular weight excluding hydrogens is 412 g/mol. The van der Waals surface area contributed by atoms with Crippen molar-refractivity contribution >= 4 is 12.3 Å². The molecule has 2 heterocycles. The molecular formula is C24H26N2O6. The number of carboxylic acids is 1. The number of carbonyl (C=O) groups excluding carboxylic acids is 1. The van der Waals surface area contributed by atoms with E-state index in [1.165, 1.54) is 0 Å². The molecule has 0 bridgehead atoms. The van der Waals surface area contributed by atoms with Crippen LogP contribution in [-0.2, 0) is 22.5 Å². The third-order valence-corrected chi connectivity index (χ3v) is 4.61. The van der Waals surface area contributed by atoms with Crippen LogP contribution in [0.25, 0.3) is 11.3 Å². The molecule has 0 saturated carbocycles. The van der Waals surface area contributed by atoms with E-state index in [4.69, 9.17) is 19.2 Å². The number of hydroxylamine groups is 2. The predicted molar refractivity (Wildman–Crippen MR) is 117 cm³/mol. The summed E-state index contributed by atoms with van der Waals surface area (Å²) in [6.07, 6.45) is 0.114. The fourth-order valence-electron chi connectivity index (χ4n) is 3.23. The maximum Gasteiger partial charge on any atom is 0.333 e. The standard InChI is InChI=1S/C14H19NO4.C10H7NO2/c1-9(2)18-13(14(16)17)7-10-4-5-12-11(6-10)8-15(3)19-12;12-7-9-6-10(13-11-9)8-4-2-1-3-5-8/h4-6,9,13H,7-8H2,1-3H3,(H,16,17);1-7H. The summed E-state index contributed by atoms with van der Waals surface area (Å²) in [6, 6.07) is 16.9. The van der Waals surface area contributed by atoms with Crippen molar-refractivity contribution in [2.75, 3.05) is 7.05 Å². The first-order valence-electron chi connectivity index (χ1n) is 10.2. The number of nitrogens with zero attached hydrogens (tertiary/aromatic N) is 2. The van der Waals surface area contributed by atoms with E-state index in [0.717, 1.165) is 22.4 Å². The SMILES string of the molecule is CC(C)OC(Cc1ccc2c(c1)CN(C)O2)C(=O)O.O=Cc1cc(-c2ccccc2)on1. The largest absolute Gasteiger partial charge is 0.479 e. The molecule has 1 aliphatic rings. The molecule has 3 aromatic rings. The molecule has 4 rings (SSSR count). The van der Waals surface area contributed by atoms with Crippen molar-refractivity contribution < 1.29 is 28.8 Å². The van der Waals surface area contributed by atoms with Gasteiger partial charge in [-0.15, -0.1) is 5.06 Å². The fraction of sp³-hybridized carbons (Fsp3) is 0.292. The number of carbonyl (C=O) groups is 2. The normalized spacial score (nSPS) is 13.6. The Balaban J connectivity index is 0.000000193. The third-order valence-electron chi connectivity index (χ3n) is 4.61. The second-order valence-electron chi connectivity index (χ2n) is 7.64. The molecule has 0 spiro atoms. The van der Waals surface area contributed by atoms with Gasteiger partial charge in [-0.2, -0.15) is 0 Å². The van der Waals surface area contributed by atoms with E-state index in [9.17, 15) is 9.59 Å². The molecule has 8 heteroatoms. The Hall–Kier alpha value is -3.49. The Bertz CT molecular complexity index is 1050. The summed E-state index contributed by atoms with van der Waals surface area (Å²) >= 11 is 0. The average Bonchev–Trinajstić information content (AvgIpc) is 3.39. The summed E-state index contributed by atoms with van der Waals surface area (Å²) in [5.74, 6) is 0.521. The van der Waals surface area contributed by atoms with E-state index in [-0.39, 0.29) is 6.10 Å². The smallest absolute Gasteiger partial charge is 0.333 e. The average molecular weight is 438 g/mol. The Morgan fingerprint density at radius 1 is 1.22 bits per heavy atom. The van der Waals surface area contributed by atoms with Gasteiger partial charge in [0.15, 0.2) is 23.9 Å². The van der Waals surface area contributed by atoms with Crippen LogP contribution in [0.4, 0.5) is 0 Å². The van der Waals surface area contributed by atoms with Crippen LogP contribution in [0.5, 0.6) is 5.75 Å². The quantitative estimate of drug-likeness (QED) is 0.552. The fourth-order valence-corrected chi connectivity index (χ4v) is 3.23. The summed E-state index contributed by atoms with van der Waals surface area (Å²) < 4.78 is 10.4. The minimum atomic E-state index is -0.928. The van der Waals surface area contributed by atoms with Crippen LogP contribution >= 0.6 is 0 Å². The summed E-state index contributed by atoms with van der Waals surface area (Å²) in [4.78, 5) is 27.0. The molecule has 168 valence electrons. The lowest BCUT2D eigenvalue weighted by Crippen LogP contribution is -2.29. The lowest BCUT2D eigenvalue weighted by atomic mass is 10.0. The summed E-state index contributed by atoms with van der Waals surface area (Å²) in [5.41, 5.74) is 3.27. The topological polar surface area (TPSA) is 102 Å². The van der Waals surface area contributed by atoms with Gasteiger partial charge in [0.1, 0.15) is 5.69 Å². The van der Waals surface area contributed by atoms with E-state index in [0.29, 0.717) is 30.7 Å². The zero-order valence-electron chi connectivity index (χ0n) is 18.2. The summed E-state index contributed by atoms with van der Waals surface area (Å²) in [6.45, 7) is 4.38. The lowest BCUT2D eigenvalue weighted by Gasteiger charge is -2.16. The lowest BCUT2D eigenvalue weighted by molar-refractivity contribution is -0.153. The van der Waals surface area contributed by atoms with Crippen LogP contribution in [0, 0.1) is 0 Å². The molecule has 0 saturated heterocycles. The molecule has 2 aromatic carbocycles. The number of aldehydes is 1. The minimum absolute atomic E-state index is 0.106. The Kier molecular flexibility index (Phi) is 7.75. The van der Waals surface area contributed by atoms with Gasteiger partial charge in [-0.1, -0.05) is 47.6 Å². The summed E-state index contributed by atoms with van der Waals surface area (Å²) in [5, 5.41) is 14.5. The Morgan fingerprint density at radius 3 is 2.59 bits per heavy atom. The molecule has 1 unspecified atom stereocenters. The van der Waals surface area contributed by atoms with Crippen molar-refractivity contribution in [1.82, 2.24) is 10.2 Å². The molecule has 0 fully saturated rings. The maximum absolute atomic E-state index is 11.2. The van der Waals surface area contributed by atoms with Gasteiger partial charge >= 0.3 is 5.97 Å². The highest BCUT2D eigenvalue weighted by Gasteiger charge is 2.22. The number of carboxylic acid groups (broad SMARTS) is 1. The number of fused-ring (bicyclic) bond motifs is 1. The van der Waals surface area contributed by atoms with Crippen molar-refractivity contribution in [3.63, 3.8) is 0 Å². The maximum atomic E-state index is 11.2. The van der Waals surface area contributed by atoms with Crippen LogP contribution in [0.3, 0.4) is 0 Å². The highest BCUT2D eigenvalue weighted by atomic mass is 16.7. The van der Waals surface area contributed by atoms with Crippen LogP contribution in [0.2, 0.25) is 0 Å². The molecule has 8 nitrogen and oxygen atoms in total. The third kappa shape index (κ3) is 6.26. The molecule has 1 aromatic heterocycles. The van der Waals surface area contributed by atoms with E-state index in [2.05, 4.69) is 5.16 Å². The number of rotatable bonds is 7. The van der Waals surface area contributed by atoms with Gasteiger partial charge in [0.05, 0.1) is 12.6 Å². The van der Waals surface area contributed by atoms with Gasteiger partial charge < -0.3 is 19.2 Å². The monoisotopic (exact) mass is 438 g/mol. The molecule has 1 atom stereocenters. The van der Waals surface area contributed by atoms with Gasteiger partial charge in [0, 0.05) is 30.7 Å². The van der Waals surface area contributed by atoms with Crippen molar-refractivity contribution in [3.8, 4) is 17.1 Å². The van der Waals surface area contributed by atoms with E-state index in [1.54, 1.807) is 11.1 Å². The predicted octanol–water partition coefficient (Wildman–Crippen LogP) is 4.00. The number of aliphatic carboxylic acids is 1. The van der Waals surface area contributed by atoms with E-state index < -0.39 is 12.1 Å². The molecule has 1 aliphatic heterocycles. The second-order valence-corrected chi connectivity index (χ2v) is 7.64. The van der Waals surface area contributed by atoms with Crippen molar-refractivity contribution in [1.29, 1.82) is 0 Å². The number of aromatic nitrogens is 1. The summed E-state index contributed by atoms with van der Waals surface area (Å²) in [7, 11) is 1.86.